The van der Waals surface area contributed by atoms with Gasteiger partial charge in [0.2, 0.25) is 0 Å². The highest BCUT2D eigenvalue weighted by molar-refractivity contribution is 14.0. The highest BCUT2D eigenvalue weighted by atomic mass is 127. The highest BCUT2D eigenvalue weighted by Crippen LogP contribution is 2.40. The third kappa shape index (κ3) is 6.38. The highest BCUT2D eigenvalue weighted by Gasteiger charge is 2.37. The minimum absolute atomic E-state index is 0. The minimum atomic E-state index is -0.0843. The van der Waals surface area contributed by atoms with Gasteiger partial charge in [-0.25, -0.2) is 0 Å². The summed E-state index contributed by atoms with van der Waals surface area (Å²) in [6.45, 7) is 7.97. The molecule has 2 N–H and O–H groups in total. The molecule has 0 saturated carbocycles. The van der Waals surface area contributed by atoms with E-state index in [9.17, 15) is 0 Å². The fraction of sp³-hybridized carbons (Fsp3) is 0.522. The van der Waals surface area contributed by atoms with Crippen LogP contribution in [0.3, 0.4) is 0 Å². The number of furan rings is 1. The number of nitrogens with one attached hydrogen (secondary N) is 2. The average molecular weight is 527 g/mol. The van der Waals surface area contributed by atoms with Gasteiger partial charge in [-0.2, -0.15) is 0 Å². The lowest BCUT2D eigenvalue weighted by molar-refractivity contribution is 0.0522. The van der Waals surface area contributed by atoms with Crippen LogP contribution in [0.5, 0.6) is 5.75 Å². The van der Waals surface area contributed by atoms with Crippen LogP contribution in [0, 0.1) is 6.92 Å². The fourth-order valence-corrected chi connectivity index (χ4v) is 3.84. The molecule has 1 aromatic heterocycles. The van der Waals surface area contributed by atoms with Gasteiger partial charge >= 0.3 is 0 Å². The molecule has 1 aliphatic rings. The summed E-state index contributed by atoms with van der Waals surface area (Å²) in [7, 11) is 1.74. The Morgan fingerprint density at radius 1 is 1.20 bits per heavy atom. The zero-order valence-corrected chi connectivity index (χ0v) is 20.5. The molecular weight excluding hydrogens is 493 g/mol. The van der Waals surface area contributed by atoms with Crippen LogP contribution in [0.25, 0.3) is 0 Å². The van der Waals surface area contributed by atoms with Crippen LogP contribution in [-0.4, -0.2) is 45.9 Å². The Labute approximate surface area is 196 Å². The van der Waals surface area contributed by atoms with Crippen LogP contribution in [0.1, 0.15) is 36.7 Å². The second-order valence-corrected chi connectivity index (χ2v) is 7.55. The van der Waals surface area contributed by atoms with Crippen molar-refractivity contribution in [2.24, 2.45) is 4.99 Å². The van der Waals surface area contributed by atoms with E-state index in [1.165, 1.54) is 11.1 Å². The van der Waals surface area contributed by atoms with Crippen molar-refractivity contribution in [3.8, 4) is 5.75 Å². The summed E-state index contributed by atoms with van der Waals surface area (Å²) in [6, 6.07) is 10.3. The zero-order valence-electron chi connectivity index (χ0n) is 18.2. The van der Waals surface area contributed by atoms with Gasteiger partial charge in [0.1, 0.15) is 11.5 Å². The molecule has 7 heteroatoms. The number of hydrogen-bond donors (Lipinski definition) is 2. The number of aryl methyl sites for hydroxylation is 1. The van der Waals surface area contributed by atoms with Gasteiger partial charge in [-0.3, -0.25) is 4.99 Å². The maximum Gasteiger partial charge on any atom is 0.191 e. The van der Waals surface area contributed by atoms with Gasteiger partial charge in [-0.15, -0.1) is 24.0 Å². The Kier molecular flexibility index (Phi) is 9.97. The number of rotatable bonds is 8. The molecule has 3 rings (SSSR count). The van der Waals surface area contributed by atoms with Gasteiger partial charge < -0.3 is 24.5 Å². The van der Waals surface area contributed by atoms with Crippen LogP contribution < -0.4 is 15.4 Å². The van der Waals surface area contributed by atoms with Gasteiger partial charge in [0.05, 0.1) is 19.9 Å². The van der Waals surface area contributed by atoms with Gasteiger partial charge in [0.25, 0.3) is 0 Å². The lowest BCUT2D eigenvalue weighted by Gasteiger charge is -2.37. The summed E-state index contributed by atoms with van der Waals surface area (Å²) in [5.41, 5.74) is 2.39. The number of ether oxygens (including phenoxy) is 2. The molecule has 6 nitrogen and oxygen atoms in total. The zero-order chi connectivity index (χ0) is 20.5. The SMILES string of the molecule is CCNC(=NCC1(c2cc(C)ccc2OC)CCOCC1)NCCc1ccco1.I. The fourth-order valence-electron chi connectivity index (χ4n) is 3.84. The Hall–Kier alpha value is -1.74. The summed E-state index contributed by atoms with van der Waals surface area (Å²) < 4.78 is 16.8. The van der Waals surface area contributed by atoms with Crippen LogP contribution in [0.2, 0.25) is 0 Å². The van der Waals surface area contributed by atoms with E-state index in [4.69, 9.17) is 18.9 Å². The molecule has 1 fully saturated rings. The molecule has 1 saturated heterocycles. The van der Waals surface area contributed by atoms with Gasteiger partial charge in [-0.05, 0) is 44.9 Å². The maximum absolute atomic E-state index is 5.71. The molecule has 0 unspecified atom stereocenters. The first kappa shape index (κ1) is 24.5. The molecule has 0 aliphatic carbocycles. The predicted octanol–water partition coefficient (Wildman–Crippen LogP) is 4.06. The van der Waals surface area contributed by atoms with E-state index in [-0.39, 0.29) is 29.4 Å². The van der Waals surface area contributed by atoms with Crippen molar-refractivity contribution in [1.29, 1.82) is 0 Å². The van der Waals surface area contributed by atoms with E-state index in [2.05, 4.69) is 42.7 Å². The Bertz CT molecular complexity index is 787. The Morgan fingerprint density at radius 3 is 2.67 bits per heavy atom. The van der Waals surface area contributed by atoms with Crippen LogP contribution in [0.15, 0.2) is 46.0 Å². The molecule has 30 heavy (non-hydrogen) atoms. The summed E-state index contributed by atoms with van der Waals surface area (Å²) in [5.74, 6) is 2.73. The molecule has 166 valence electrons. The smallest absolute Gasteiger partial charge is 0.191 e. The predicted molar refractivity (Wildman–Crippen MR) is 131 cm³/mol. The topological polar surface area (TPSA) is 68.0 Å². The third-order valence-corrected chi connectivity index (χ3v) is 5.50. The Morgan fingerprint density at radius 2 is 2.00 bits per heavy atom. The number of hydrogen-bond acceptors (Lipinski definition) is 4. The number of methoxy groups -OCH3 is 1. The first-order valence-corrected chi connectivity index (χ1v) is 10.4. The number of aliphatic imine (C=N–C) groups is 1. The van der Waals surface area contributed by atoms with Gasteiger partial charge in [0.15, 0.2) is 5.96 Å². The second-order valence-electron chi connectivity index (χ2n) is 7.55. The van der Waals surface area contributed by atoms with Gasteiger partial charge in [-0.1, -0.05) is 17.7 Å². The van der Waals surface area contributed by atoms with E-state index < -0.39 is 0 Å². The maximum atomic E-state index is 5.71. The minimum Gasteiger partial charge on any atom is -0.496 e. The molecule has 0 radical (unpaired) electrons. The van der Waals surface area contributed by atoms with Crippen molar-refractivity contribution in [2.75, 3.05) is 40.0 Å². The lowest BCUT2D eigenvalue weighted by atomic mass is 9.73. The van der Waals surface area contributed by atoms with Crippen molar-refractivity contribution in [3.05, 3.63) is 53.5 Å². The van der Waals surface area contributed by atoms with Crippen molar-refractivity contribution >= 4 is 29.9 Å². The summed E-state index contributed by atoms with van der Waals surface area (Å²) in [4.78, 5) is 4.96. The van der Waals surface area contributed by atoms with Crippen molar-refractivity contribution in [2.45, 2.75) is 38.5 Å². The monoisotopic (exact) mass is 527 g/mol. The Balaban J connectivity index is 0.00000320. The van der Waals surface area contributed by atoms with Crippen molar-refractivity contribution in [3.63, 3.8) is 0 Å². The first-order valence-electron chi connectivity index (χ1n) is 10.4. The summed E-state index contributed by atoms with van der Waals surface area (Å²) in [6.07, 6.45) is 4.39. The van der Waals surface area contributed by atoms with Gasteiger partial charge in [0, 0.05) is 43.7 Å². The third-order valence-electron chi connectivity index (χ3n) is 5.50. The average Bonchev–Trinajstić information content (AvgIpc) is 3.26. The first-order chi connectivity index (χ1) is 14.2. The molecule has 1 aromatic carbocycles. The molecule has 2 aromatic rings. The molecule has 0 spiro atoms. The second kappa shape index (κ2) is 12.2. The molecule has 0 amide bonds. The molecule has 0 atom stereocenters. The van der Waals surface area contributed by atoms with E-state index in [1.807, 2.05) is 12.1 Å². The quantitative estimate of drug-likeness (QED) is 0.308. The van der Waals surface area contributed by atoms with Crippen molar-refractivity contribution < 1.29 is 13.9 Å². The summed E-state index contributed by atoms with van der Waals surface area (Å²) in [5, 5.41) is 6.78. The number of guanidine groups is 1. The van der Waals surface area contributed by atoms with E-state index in [0.717, 1.165) is 63.0 Å². The summed E-state index contributed by atoms with van der Waals surface area (Å²) >= 11 is 0. The number of nitrogens with zero attached hydrogens (tertiary/aromatic N) is 1. The van der Waals surface area contributed by atoms with Crippen LogP contribution in [0.4, 0.5) is 0 Å². The van der Waals surface area contributed by atoms with Crippen LogP contribution >= 0.6 is 24.0 Å². The normalized spacial score (nSPS) is 15.9. The molecule has 2 heterocycles. The number of halogens is 1. The van der Waals surface area contributed by atoms with E-state index in [0.29, 0.717) is 6.54 Å². The van der Waals surface area contributed by atoms with Crippen LogP contribution in [-0.2, 0) is 16.6 Å². The molecule has 0 bridgehead atoms. The lowest BCUT2D eigenvalue weighted by Crippen LogP contribution is -2.42. The standard InChI is InChI=1S/C23H33N3O3.HI/c1-4-24-22(25-12-9-19-6-5-13-29-19)26-17-23(10-14-28-15-11-23)20-16-18(2)7-8-21(20)27-3;/h5-8,13,16H,4,9-12,14-15,17H2,1-3H3,(H2,24,25,26);1H. The largest absolute Gasteiger partial charge is 0.496 e. The number of benzene rings is 1. The van der Waals surface area contributed by atoms with E-state index >= 15 is 0 Å². The molecular formula is C23H34IN3O3. The van der Waals surface area contributed by atoms with Crippen molar-refractivity contribution in [1.82, 2.24) is 10.6 Å². The molecule has 1 aliphatic heterocycles. The van der Waals surface area contributed by atoms with E-state index in [1.54, 1.807) is 13.4 Å².